The second-order valence-corrected chi connectivity index (χ2v) is 6.21. The molecule has 1 aromatic rings. The third-order valence-corrected chi connectivity index (χ3v) is 4.79. The van der Waals surface area contributed by atoms with Crippen LogP contribution in [0.5, 0.6) is 5.75 Å². The van der Waals surface area contributed by atoms with Gasteiger partial charge in [0.15, 0.2) is 0 Å². The monoisotopic (exact) mass is 261 g/mol. The quantitative estimate of drug-likeness (QED) is 0.903. The third kappa shape index (κ3) is 2.05. The molecule has 19 heavy (non-hydrogen) atoms. The van der Waals surface area contributed by atoms with Gasteiger partial charge < -0.3 is 14.7 Å². The molecule has 1 atom stereocenters. The van der Waals surface area contributed by atoms with Crippen LogP contribution in [-0.2, 0) is 6.42 Å². The summed E-state index contributed by atoms with van der Waals surface area (Å²) in [5.74, 6) is 1.04. The van der Waals surface area contributed by atoms with Crippen molar-refractivity contribution in [1.82, 2.24) is 4.90 Å². The molecule has 0 saturated heterocycles. The van der Waals surface area contributed by atoms with E-state index in [1.54, 1.807) is 0 Å². The molecule has 0 spiro atoms. The van der Waals surface area contributed by atoms with Crippen molar-refractivity contribution in [3.05, 3.63) is 29.3 Å². The van der Waals surface area contributed by atoms with Crippen molar-refractivity contribution in [2.24, 2.45) is 5.41 Å². The van der Waals surface area contributed by atoms with Gasteiger partial charge in [-0.05, 0) is 44.1 Å². The van der Waals surface area contributed by atoms with E-state index in [4.69, 9.17) is 4.74 Å². The molecule has 104 valence electrons. The van der Waals surface area contributed by atoms with Crippen LogP contribution in [0.15, 0.2) is 18.2 Å². The van der Waals surface area contributed by atoms with Crippen molar-refractivity contribution < 1.29 is 9.84 Å². The lowest BCUT2D eigenvalue weighted by Crippen LogP contribution is -2.45. The molecule has 1 saturated carbocycles. The van der Waals surface area contributed by atoms with Gasteiger partial charge in [-0.2, -0.15) is 0 Å². The standard InChI is InChI=1S/C16H23NO2/c1-17(2)15(16(11-18)7-3-8-16)13-4-5-14-12(10-13)6-9-19-14/h4-5,10,15,18H,3,6-9,11H2,1-2H3. The van der Waals surface area contributed by atoms with E-state index in [2.05, 4.69) is 37.2 Å². The predicted molar refractivity (Wildman–Crippen MR) is 75.4 cm³/mol. The molecule has 1 N–H and O–H groups in total. The van der Waals surface area contributed by atoms with Crippen molar-refractivity contribution in [2.75, 3.05) is 27.3 Å². The minimum atomic E-state index is 0.0528. The van der Waals surface area contributed by atoms with Crippen LogP contribution in [0.25, 0.3) is 0 Å². The van der Waals surface area contributed by atoms with Gasteiger partial charge in [0.2, 0.25) is 0 Å². The molecule has 0 amide bonds. The first kappa shape index (κ1) is 12.9. The zero-order valence-electron chi connectivity index (χ0n) is 11.9. The van der Waals surface area contributed by atoms with Crippen LogP contribution in [0.3, 0.4) is 0 Å². The maximum Gasteiger partial charge on any atom is 0.122 e. The minimum Gasteiger partial charge on any atom is -0.493 e. The van der Waals surface area contributed by atoms with Crippen LogP contribution < -0.4 is 4.74 Å². The Labute approximate surface area is 115 Å². The largest absolute Gasteiger partial charge is 0.493 e. The Bertz CT molecular complexity index is 460. The summed E-state index contributed by atoms with van der Waals surface area (Å²) in [6.07, 6.45) is 4.49. The molecule has 0 radical (unpaired) electrons. The summed E-state index contributed by atoms with van der Waals surface area (Å²) in [7, 11) is 4.23. The molecule has 3 heteroatoms. The van der Waals surface area contributed by atoms with Crippen LogP contribution in [0.1, 0.15) is 36.4 Å². The molecule has 3 nitrogen and oxygen atoms in total. The average molecular weight is 261 g/mol. The highest BCUT2D eigenvalue weighted by molar-refractivity contribution is 5.41. The highest BCUT2D eigenvalue weighted by Gasteiger charge is 2.45. The molecule has 1 fully saturated rings. The Morgan fingerprint density at radius 2 is 2.16 bits per heavy atom. The van der Waals surface area contributed by atoms with Gasteiger partial charge in [-0.15, -0.1) is 0 Å². The molecule has 1 heterocycles. The number of aliphatic hydroxyl groups excluding tert-OH is 1. The Morgan fingerprint density at radius 3 is 2.74 bits per heavy atom. The van der Waals surface area contributed by atoms with E-state index in [0.29, 0.717) is 6.04 Å². The summed E-state index contributed by atoms with van der Waals surface area (Å²) in [5, 5.41) is 9.86. The number of rotatable bonds is 4. The highest BCUT2D eigenvalue weighted by Crippen LogP contribution is 2.52. The van der Waals surface area contributed by atoms with Crippen molar-refractivity contribution in [3.63, 3.8) is 0 Å². The van der Waals surface area contributed by atoms with Gasteiger partial charge in [0, 0.05) is 17.9 Å². The molecule has 2 aliphatic rings. The Balaban J connectivity index is 1.96. The topological polar surface area (TPSA) is 32.7 Å². The van der Waals surface area contributed by atoms with Gasteiger partial charge in [-0.25, -0.2) is 0 Å². The van der Waals surface area contributed by atoms with Crippen molar-refractivity contribution in [3.8, 4) is 5.75 Å². The van der Waals surface area contributed by atoms with Crippen molar-refractivity contribution in [2.45, 2.75) is 31.7 Å². The SMILES string of the molecule is CN(C)C(c1ccc2c(c1)CCO2)C1(CO)CCC1. The normalized spacial score (nSPS) is 21.7. The van der Waals surface area contributed by atoms with E-state index < -0.39 is 0 Å². The second kappa shape index (κ2) is 4.80. The van der Waals surface area contributed by atoms with E-state index in [-0.39, 0.29) is 12.0 Å². The first-order valence-electron chi connectivity index (χ1n) is 7.19. The Morgan fingerprint density at radius 1 is 1.37 bits per heavy atom. The second-order valence-electron chi connectivity index (χ2n) is 6.21. The van der Waals surface area contributed by atoms with Gasteiger partial charge in [-0.3, -0.25) is 0 Å². The average Bonchev–Trinajstić information content (AvgIpc) is 2.80. The lowest BCUT2D eigenvalue weighted by molar-refractivity contribution is -0.0308. The molecule has 0 bridgehead atoms. The molecule has 1 aliphatic heterocycles. The zero-order valence-corrected chi connectivity index (χ0v) is 11.9. The predicted octanol–water partition coefficient (Wildman–Crippen LogP) is 2.39. The number of nitrogens with zero attached hydrogens (tertiary/aromatic N) is 1. The fourth-order valence-electron chi connectivity index (χ4n) is 3.72. The maximum atomic E-state index is 9.86. The molecular weight excluding hydrogens is 238 g/mol. The summed E-state index contributed by atoms with van der Waals surface area (Å²) in [5.41, 5.74) is 2.69. The fourth-order valence-corrected chi connectivity index (χ4v) is 3.72. The minimum absolute atomic E-state index is 0.0528. The van der Waals surface area contributed by atoms with Crippen LogP contribution in [0.4, 0.5) is 0 Å². The summed E-state index contributed by atoms with van der Waals surface area (Å²) in [4.78, 5) is 2.26. The maximum absolute atomic E-state index is 9.86. The smallest absolute Gasteiger partial charge is 0.122 e. The summed E-state index contributed by atoms with van der Waals surface area (Å²) >= 11 is 0. The molecule has 1 unspecified atom stereocenters. The van der Waals surface area contributed by atoms with Gasteiger partial charge in [0.1, 0.15) is 5.75 Å². The van der Waals surface area contributed by atoms with Gasteiger partial charge >= 0.3 is 0 Å². The number of aliphatic hydroxyl groups is 1. The third-order valence-electron chi connectivity index (χ3n) is 4.79. The van der Waals surface area contributed by atoms with Crippen LogP contribution in [0, 0.1) is 5.41 Å². The van der Waals surface area contributed by atoms with Gasteiger partial charge in [0.25, 0.3) is 0 Å². The molecule has 0 aromatic heterocycles. The fraction of sp³-hybridized carbons (Fsp3) is 0.625. The van der Waals surface area contributed by atoms with Gasteiger partial charge in [0.05, 0.1) is 13.2 Å². The Hall–Kier alpha value is -1.06. The van der Waals surface area contributed by atoms with E-state index in [9.17, 15) is 5.11 Å². The number of benzene rings is 1. The molecule has 1 aromatic carbocycles. The lowest BCUT2D eigenvalue weighted by Gasteiger charge is -2.49. The first-order chi connectivity index (χ1) is 9.16. The molecular formula is C16H23NO2. The van der Waals surface area contributed by atoms with Crippen molar-refractivity contribution >= 4 is 0 Å². The Kier molecular flexibility index (Phi) is 3.27. The first-order valence-corrected chi connectivity index (χ1v) is 7.19. The number of ether oxygens (including phenoxy) is 1. The van der Waals surface area contributed by atoms with Crippen LogP contribution >= 0.6 is 0 Å². The zero-order chi connectivity index (χ0) is 13.5. The van der Waals surface area contributed by atoms with Crippen LogP contribution in [0.2, 0.25) is 0 Å². The van der Waals surface area contributed by atoms with E-state index in [1.807, 2.05) is 0 Å². The number of hydrogen-bond acceptors (Lipinski definition) is 3. The molecule has 3 rings (SSSR count). The summed E-state index contributed by atoms with van der Waals surface area (Å²) in [6, 6.07) is 6.85. The van der Waals surface area contributed by atoms with E-state index in [1.165, 1.54) is 17.5 Å². The number of fused-ring (bicyclic) bond motifs is 1. The molecule has 1 aliphatic carbocycles. The van der Waals surface area contributed by atoms with E-state index >= 15 is 0 Å². The van der Waals surface area contributed by atoms with Crippen LogP contribution in [-0.4, -0.2) is 37.3 Å². The summed E-state index contributed by atoms with van der Waals surface area (Å²) in [6.45, 7) is 1.08. The highest BCUT2D eigenvalue weighted by atomic mass is 16.5. The van der Waals surface area contributed by atoms with Gasteiger partial charge in [-0.1, -0.05) is 18.6 Å². The lowest BCUT2D eigenvalue weighted by atomic mass is 9.62. The summed E-state index contributed by atoms with van der Waals surface area (Å²) < 4.78 is 5.58. The van der Waals surface area contributed by atoms with Crippen molar-refractivity contribution in [1.29, 1.82) is 0 Å². The van der Waals surface area contributed by atoms with E-state index in [0.717, 1.165) is 31.6 Å². The number of hydrogen-bond donors (Lipinski definition) is 1.